The Morgan fingerprint density at radius 3 is 2.56 bits per heavy atom. The molecule has 0 saturated carbocycles. The Morgan fingerprint density at radius 2 is 1.94 bits per heavy atom. The van der Waals surface area contributed by atoms with Gasteiger partial charge in [-0.2, -0.15) is 26.7 Å². The van der Waals surface area contributed by atoms with Crippen LogP contribution >= 0.6 is 0 Å². The SMILES string of the molecule is N.O=S(=O)(Oc1cccn2nccc12)C(F)(F)F. The van der Waals surface area contributed by atoms with Crippen LogP contribution in [0.1, 0.15) is 0 Å². The van der Waals surface area contributed by atoms with Gasteiger partial charge in [-0.25, -0.2) is 4.52 Å². The number of fused-ring (bicyclic) bond motifs is 1. The number of pyridine rings is 1. The maximum atomic E-state index is 12.1. The maximum Gasteiger partial charge on any atom is 0.534 e. The summed E-state index contributed by atoms with van der Waals surface area (Å²) in [6, 6.07) is 3.77. The van der Waals surface area contributed by atoms with Crippen LogP contribution in [0.3, 0.4) is 0 Å². The third kappa shape index (κ3) is 2.38. The molecule has 0 spiro atoms. The normalized spacial score (nSPS) is 12.2. The van der Waals surface area contributed by atoms with E-state index in [1.807, 2.05) is 0 Å². The van der Waals surface area contributed by atoms with E-state index in [0.29, 0.717) is 0 Å². The molecule has 3 N–H and O–H groups in total. The highest BCUT2D eigenvalue weighted by molar-refractivity contribution is 7.88. The van der Waals surface area contributed by atoms with Gasteiger partial charge in [-0.1, -0.05) is 0 Å². The molecule has 0 bridgehead atoms. The minimum absolute atomic E-state index is 0. The van der Waals surface area contributed by atoms with Crippen LogP contribution in [0.25, 0.3) is 5.52 Å². The van der Waals surface area contributed by atoms with Crippen molar-refractivity contribution in [3.8, 4) is 5.75 Å². The van der Waals surface area contributed by atoms with E-state index in [1.54, 1.807) is 0 Å². The number of alkyl halides is 3. The van der Waals surface area contributed by atoms with E-state index >= 15 is 0 Å². The molecule has 0 aliphatic heterocycles. The van der Waals surface area contributed by atoms with Crippen molar-refractivity contribution in [3.63, 3.8) is 0 Å². The van der Waals surface area contributed by atoms with Crippen LogP contribution < -0.4 is 10.3 Å². The van der Waals surface area contributed by atoms with Gasteiger partial charge in [0.2, 0.25) is 0 Å². The second-order valence-electron chi connectivity index (χ2n) is 3.02. The minimum Gasteiger partial charge on any atom is -0.374 e. The third-order valence-corrected chi connectivity index (χ3v) is 2.85. The fourth-order valence-electron chi connectivity index (χ4n) is 1.16. The van der Waals surface area contributed by atoms with Crippen LogP contribution in [0.2, 0.25) is 0 Å². The number of aromatic nitrogens is 2. The molecule has 2 rings (SSSR count). The van der Waals surface area contributed by atoms with Gasteiger partial charge in [0.15, 0.2) is 5.75 Å². The van der Waals surface area contributed by atoms with Crippen molar-refractivity contribution in [2.24, 2.45) is 0 Å². The van der Waals surface area contributed by atoms with E-state index in [9.17, 15) is 21.6 Å². The van der Waals surface area contributed by atoms with Crippen LogP contribution in [-0.4, -0.2) is 23.5 Å². The smallest absolute Gasteiger partial charge is 0.374 e. The summed E-state index contributed by atoms with van der Waals surface area (Å²) in [6.45, 7) is 0. The Hall–Kier alpha value is -1.81. The molecule has 0 atom stereocenters. The van der Waals surface area contributed by atoms with Gasteiger partial charge in [0.25, 0.3) is 0 Å². The van der Waals surface area contributed by atoms with Gasteiger partial charge in [0.1, 0.15) is 5.52 Å². The first-order valence-corrected chi connectivity index (χ1v) is 5.65. The summed E-state index contributed by atoms with van der Waals surface area (Å²) in [5.74, 6) is -0.428. The Balaban J connectivity index is 0.00000162. The van der Waals surface area contributed by atoms with Crippen LogP contribution in [0.4, 0.5) is 13.2 Å². The molecule has 0 unspecified atom stereocenters. The number of hydrogen-bond donors (Lipinski definition) is 1. The second kappa shape index (κ2) is 4.46. The van der Waals surface area contributed by atoms with E-state index < -0.39 is 21.4 Å². The lowest BCUT2D eigenvalue weighted by atomic mass is 10.4. The van der Waals surface area contributed by atoms with E-state index in [-0.39, 0.29) is 11.7 Å². The molecule has 6 nitrogen and oxygen atoms in total. The molecule has 2 aromatic heterocycles. The molecule has 2 heterocycles. The fourth-order valence-corrected chi connectivity index (χ4v) is 1.63. The van der Waals surface area contributed by atoms with Crippen molar-refractivity contribution in [3.05, 3.63) is 30.6 Å². The molecule has 0 aromatic carbocycles. The van der Waals surface area contributed by atoms with Crippen molar-refractivity contribution in [1.82, 2.24) is 15.8 Å². The molecule has 0 aliphatic carbocycles. The maximum absolute atomic E-state index is 12.1. The highest BCUT2D eigenvalue weighted by atomic mass is 32.2. The molecule has 0 fully saturated rings. The van der Waals surface area contributed by atoms with Gasteiger partial charge >= 0.3 is 15.6 Å². The third-order valence-electron chi connectivity index (χ3n) is 1.88. The van der Waals surface area contributed by atoms with E-state index in [4.69, 9.17) is 0 Å². The topological polar surface area (TPSA) is 95.7 Å². The number of halogens is 3. The second-order valence-corrected chi connectivity index (χ2v) is 4.55. The van der Waals surface area contributed by atoms with E-state index in [0.717, 1.165) is 6.07 Å². The quantitative estimate of drug-likeness (QED) is 0.668. The predicted molar refractivity (Wildman–Crippen MR) is 55.8 cm³/mol. The van der Waals surface area contributed by atoms with Gasteiger partial charge in [0, 0.05) is 6.20 Å². The van der Waals surface area contributed by atoms with Crippen molar-refractivity contribution < 1.29 is 25.8 Å². The standard InChI is InChI=1S/C8H5F3N2O3S.H3N/c9-8(10,11)17(14,15)16-7-2-1-5-13-6(7)3-4-12-13;/h1-5H;1H3. The van der Waals surface area contributed by atoms with E-state index in [1.165, 1.54) is 29.0 Å². The Kier molecular flexibility index (Phi) is 3.53. The van der Waals surface area contributed by atoms with Gasteiger partial charge in [0.05, 0.1) is 6.20 Å². The lowest BCUT2D eigenvalue weighted by Gasteiger charge is -2.09. The molecule has 0 saturated heterocycles. The van der Waals surface area contributed by atoms with Crippen LogP contribution in [0.15, 0.2) is 30.6 Å². The van der Waals surface area contributed by atoms with Gasteiger partial charge in [-0.3, -0.25) is 0 Å². The first-order chi connectivity index (χ1) is 7.81. The number of nitrogens with zero attached hydrogens (tertiary/aromatic N) is 2. The molecule has 0 radical (unpaired) electrons. The Labute approximate surface area is 99.7 Å². The van der Waals surface area contributed by atoms with Crippen molar-refractivity contribution in [2.45, 2.75) is 5.51 Å². The average molecular weight is 283 g/mol. The summed E-state index contributed by atoms with van der Waals surface area (Å²) in [7, 11) is -5.66. The molecule has 0 amide bonds. The largest absolute Gasteiger partial charge is 0.534 e. The zero-order chi connectivity index (χ0) is 12.7. The summed E-state index contributed by atoms with van der Waals surface area (Å²) in [5.41, 5.74) is -5.33. The minimum atomic E-state index is -5.66. The zero-order valence-electron chi connectivity index (χ0n) is 8.76. The van der Waals surface area contributed by atoms with Crippen molar-refractivity contribution >= 4 is 15.6 Å². The zero-order valence-corrected chi connectivity index (χ0v) is 9.57. The summed E-state index contributed by atoms with van der Waals surface area (Å²) in [4.78, 5) is 0. The van der Waals surface area contributed by atoms with Gasteiger partial charge in [-0.15, -0.1) is 0 Å². The van der Waals surface area contributed by atoms with Gasteiger partial charge in [-0.05, 0) is 18.2 Å². The molecule has 0 aliphatic rings. The first-order valence-electron chi connectivity index (χ1n) is 4.24. The average Bonchev–Trinajstić information content (AvgIpc) is 2.64. The molecular formula is C8H8F3N3O3S. The fraction of sp³-hybridized carbons (Fsp3) is 0.125. The first kappa shape index (κ1) is 14.3. The summed E-state index contributed by atoms with van der Waals surface area (Å²) in [6.07, 6.45) is 2.75. The Morgan fingerprint density at radius 1 is 1.28 bits per heavy atom. The van der Waals surface area contributed by atoms with Crippen LogP contribution in [0, 0.1) is 0 Å². The molecular weight excluding hydrogens is 275 g/mol. The number of rotatable bonds is 2. The van der Waals surface area contributed by atoms with Crippen LogP contribution in [0.5, 0.6) is 5.75 Å². The Bertz CT molecular complexity index is 650. The highest BCUT2D eigenvalue weighted by Gasteiger charge is 2.48. The predicted octanol–water partition coefficient (Wildman–Crippen LogP) is 1.72. The monoisotopic (exact) mass is 283 g/mol. The molecule has 18 heavy (non-hydrogen) atoms. The molecule has 10 heteroatoms. The molecule has 100 valence electrons. The lowest BCUT2D eigenvalue weighted by Crippen LogP contribution is -2.28. The van der Waals surface area contributed by atoms with Crippen LogP contribution in [-0.2, 0) is 10.1 Å². The summed E-state index contributed by atoms with van der Waals surface area (Å²) < 4.78 is 63.2. The van der Waals surface area contributed by atoms with Crippen molar-refractivity contribution in [1.29, 1.82) is 0 Å². The van der Waals surface area contributed by atoms with E-state index in [2.05, 4.69) is 9.28 Å². The molecule has 2 aromatic rings. The summed E-state index contributed by atoms with van der Waals surface area (Å²) >= 11 is 0. The lowest BCUT2D eigenvalue weighted by molar-refractivity contribution is -0.0499. The highest BCUT2D eigenvalue weighted by Crippen LogP contribution is 2.28. The summed E-state index contributed by atoms with van der Waals surface area (Å²) in [5, 5.41) is 3.73. The van der Waals surface area contributed by atoms with Crippen molar-refractivity contribution in [2.75, 3.05) is 0 Å². The van der Waals surface area contributed by atoms with Gasteiger partial charge < -0.3 is 10.3 Å². The number of hydrogen-bond acceptors (Lipinski definition) is 5.